The Bertz CT molecular complexity index is 396. The van der Waals surface area contributed by atoms with E-state index < -0.39 is 5.97 Å². The molecule has 1 aromatic rings. The van der Waals surface area contributed by atoms with Crippen LogP contribution in [0.2, 0.25) is 0 Å². The van der Waals surface area contributed by atoms with Crippen LogP contribution in [0.5, 0.6) is 5.75 Å². The van der Waals surface area contributed by atoms with E-state index >= 15 is 0 Å². The van der Waals surface area contributed by atoms with Gasteiger partial charge in [-0.1, -0.05) is 6.07 Å². The number of carbonyl (C=O) groups excluding carboxylic acids is 2. The van der Waals surface area contributed by atoms with Gasteiger partial charge >= 0.3 is 5.97 Å². The van der Waals surface area contributed by atoms with Gasteiger partial charge in [0.1, 0.15) is 11.3 Å². The minimum absolute atomic E-state index is 0.0181. The number of hydrogen-bond donors (Lipinski definition) is 1. The highest BCUT2D eigenvalue weighted by Crippen LogP contribution is 2.23. The van der Waals surface area contributed by atoms with E-state index in [0.29, 0.717) is 0 Å². The van der Waals surface area contributed by atoms with Crippen LogP contribution in [0.4, 0.5) is 0 Å². The molecule has 1 aromatic carbocycles. The van der Waals surface area contributed by atoms with Gasteiger partial charge in [0, 0.05) is 0 Å². The number of aromatic hydroxyl groups is 1. The second-order valence-corrected chi connectivity index (χ2v) is 2.98. The number of phenolic OH excluding ortho intramolecular Hbond substituents is 1. The number of Topliss-reactive ketones (excluding diaryl/α,β-unsaturated/α-hetero) is 1. The zero-order valence-corrected chi connectivity index (χ0v) is 8.61. The van der Waals surface area contributed by atoms with Crippen molar-refractivity contribution in [2.24, 2.45) is 0 Å². The first-order chi connectivity index (χ1) is 7.07. The summed E-state index contributed by atoms with van der Waals surface area (Å²) in [6.45, 7) is 3.22. The van der Waals surface area contributed by atoms with Gasteiger partial charge in [0.2, 0.25) is 0 Å². The Kier molecular flexibility index (Phi) is 3.44. The van der Waals surface area contributed by atoms with Crippen LogP contribution in [-0.2, 0) is 4.74 Å². The highest BCUT2D eigenvalue weighted by Gasteiger charge is 2.16. The largest absolute Gasteiger partial charge is 0.506 e. The molecule has 80 valence electrons. The van der Waals surface area contributed by atoms with Gasteiger partial charge < -0.3 is 9.84 Å². The highest BCUT2D eigenvalue weighted by molar-refractivity contribution is 6.02. The Morgan fingerprint density at radius 3 is 2.47 bits per heavy atom. The number of hydrogen-bond acceptors (Lipinski definition) is 4. The summed E-state index contributed by atoms with van der Waals surface area (Å²) in [6, 6.07) is 4.41. The number of rotatable bonds is 3. The van der Waals surface area contributed by atoms with Crippen molar-refractivity contribution in [1.29, 1.82) is 0 Å². The smallest absolute Gasteiger partial charge is 0.341 e. The molecule has 0 aliphatic heterocycles. The number of carbonyl (C=O) groups is 2. The molecule has 0 aromatic heterocycles. The molecule has 4 nitrogen and oxygen atoms in total. The lowest BCUT2D eigenvalue weighted by Gasteiger charge is -2.06. The summed E-state index contributed by atoms with van der Waals surface area (Å²) >= 11 is 0. The predicted octanol–water partition coefficient (Wildman–Crippen LogP) is 1.77. The zero-order chi connectivity index (χ0) is 11.4. The van der Waals surface area contributed by atoms with Crippen molar-refractivity contribution in [3.63, 3.8) is 0 Å². The third-order valence-corrected chi connectivity index (χ3v) is 1.91. The SMILES string of the molecule is CCOC(=O)c1cccc(C(C)=O)c1O. The molecule has 4 heteroatoms. The third kappa shape index (κ3) is 2.34. The van der Waals surface area contributed by atoms with E-state index in [2.05, 4.69) is 0 Å². The van der Waals surface area contributed by atoms with Gasteiger partial charge in [0.25, 0.3) is 0 Å². The van der Waals surface area contributed by atoms with Crippen LogP contribution in [0, 0.1) is 0 Å². The molecule has 15 heavy (non-hydrogen) atoms. The summed E-state index contributed by atoms with van der Waals surface area (Å²) in [7, 11) is 0. The van der Waals surface area contributed by atoms with E-state index in [1.165, 1.54) is 25.1 Å². The molecular formula is C11H12O4. The Hall–Kier alpha value is -1.84. The number of ether oxygens (including phenoxy) is 1. The first-order valence-electron chi connectivity index (χ1n) is 4.58. The van der Waals surface area contributed by atoms with E-state index in [4.69, 9.17) is 4.74 Å². The van der Waals surface area contributed by atoms with Crippen LogP contribution in [0.25, 0.3) is 0 Å². The lowest BCUT2D eigenvalue weighted by atomic mass is 10.1. The third-order valence-electron chi connectivity index (χ3n) is 1.91. The van der Waals surface area contributed by atoms with Gasteiger partial charge in [-0.3, -0.25) is 4.79 Å². The van der Waals surface area contributed by atoms with Gasteiger partial charge in [-0.2, -0.15) is 0 Å². The average Bonchev–Trinajstić information content (AvgIpc) is 2.17. The molecule has 0 heterocycles. The number of ketones is 1. The summed E-state index contributed by atoms with van der Waals surface area (Å²) in [5, 5.41) is 9.63. The standard InChI is InChI=1S/C11H12O4/c1-3-15-11(14)9-6-4-5-8(7(2)12)10(9)13/h4-6,13H,3H2,1-2H3. The monoisotopic (exact) mass is 208 g/mol. The van der Waals surface area contributed by atoms with Crippen molar-refractivity contribution in [2.75, 3.05) is 6.61 Å². The number of benzene rings is 1. The second kappa shape index (κ2) is 4.59. The number of para-hydroxylation sites is 1. The Balaban J connectivity index is 3.15. The first-order valence-corrected chi connectivity index (χ1v) is 4.58. The molecule has 0 spiro atoms. The Morgan fingerprint density at radius 2 is 1.93 bits per heavy atom. The lowest BCUT2D eigenvalue weighted by molar-refractivity contribution is 0.0523. The average molecular weight is 208 g/mol. The summed E-state index contributed by atoms with van der Waals surface area (Å²) in [5.74, 6) is -1.24. The van der Waals surface area contributed by atoms with Crippen molar-refractivity contribution >= 4 is 11.8 Å². The van der Waals surface area contributed by atoms with E-state index in [1.54, 1.807) is 6.92 Å². The van der Waals surface area contributed by atoms with E-state index in [0.717, 1.165) is 0 Å². The molecule has 0 saturated carbocycles. The molecule has 0 radical (unpaired) electrons. The first kappa shape index (κ1) is 11.2. The fourth-order valence-corrected chi connectivity index (χ4v) is 1.20. The van der Waals surface area contributed by atoms with Crippen molar-refractivity contribution in [3.8, 4) is 5.75 Å². The Morgan fingerprint density at radius 1 is 1.33 bits per heavy atom. The summed E-state index contributed by atoms with van der Waals surface area (Å²) in [4.78, 5) is 22.4. The van der Waals surface area contributed by atoms with Crippen molar-refractivity contribution in [2.45, 2.75) is 13.8 Å². The van der Waals surface area contributed by atoms with Crippen LogP contribution in [0.3, 0.4) is 0 Å². The predicted molar refractivity (Wildman–Crippen MR) is 54.1 cm³/mol. The van der Waals surface area contributed by atoms with Crippen LogP contribution in [0.15, 0.2) is 18.2 Å². The molecule has 1 N–H and O–H groups in total. The second-order valence-electron chi connectivity index (χ2n) is 2.98. The molecule has 0 saturated heterocycles. The molecule has 0 aliphatic rings. The molecule has 0 aliphatic carbocycles. The Labute approximate surface area is 87.5 Å². The number of phenols is 1. The van der Waals surface area contributed by atoms with E-state index in [9.17, 15) is 14.7 Å². The maximum Gasteiger partial charge on any atom is 0.341 e. The van der Waals surface area contributed by atoms with Gasteiger partial charge in [0.15, 0.2) is 5.78 Å². The quantitative estimate of drug-likeness (QED) is 0.607. The summed E-state index contributed by atoms with van der Waals surface area (Å²) < 4.78 is 4.73. The van der Waals surface area contributed by atoms with Crippen LogP contribution in [0.1, 0.15) is 34.6 Å². The molecule has 1 rings (SSSR count). The van der Waals surface area contributed by atoms with Gasteiger partial charge in [-0.15, -0.1) is 0 Å². The fourth-order valence-electron chi connectivity index (χ4n) is 1.20. The molecule has 0 fully saturated rings. The maximum atomic E-state index is 11.3. The van der Waals surface area contributed by atoms with Crippen LogP contribution >= 0.6 is 0 Å². The minimum atomic E-state index is -0.627. The molecule has 0 bridgehead atoms. The van der Waals surface area contributed by atoms with Crippen molar-refractivity contribution < 1.29 is 19.4 Å². The van der Waals surface area contributed by atoms with Gasteiger partial charge in [-0.25, -0.2) is 4.79 Å². The lowest BCUT2D eigenvalue weighted by Crippen LogP contribution is -2.06. The molecule has 0 atom stereocenters. The number of esters is 1. The minimum Gasteiger partial charge on any atom is -0.506 e. The van der Waals surface area contributed by atoms with E-state index in [-0.39, 0.29) is 29.3 Å². The highest BCUT2D eigenvalue weighted by atomic mass is 16.5. The fraction of sp³-hybridized carbons (Fsp3) is 0.273. The summed E-state index contributed by atoms with van der Waals surface area (Å²) in [6.07, 6.45) is 0. The molecular weight excluding hydrogens is 196 g/mol. The zero-order valence-electron chi connectivity index (χ0n) is 8.61. The maximum absolute atomic E-state index is 11.3. The van der Waals surface area contributed by atoms with Crippen molar-refractivity contribution in [1.82, 2.24) is 0 Å². The summed E-state index contributed by atoms with van der Waals surface area (Å²) in [5.41, 5.74) is 0.144. The van der Waals surface area contributed by atoms with Gasteiger partial charge in [0.05, 0.1) is 12.2 Å². The normalized spacial score (nSPS) is 9.73. The molecule has 0 amide bonds. The van der Waals surface area contributed by atoms with E-state index in [1.807, 2.05) is 0 Å². The van der Waals surface area contributed by atoms with Gasteiger partial charge in [-0.05, 0) is 26.0 Å². The van der Waals surface area contributed by atoms with Crippen LogP contribution in [-0.4, -0.2) is 23.5 Å². The van der Waals surface area contributed by atoms with Crippen molar-refractivity contribution in [3.05, 3.63) is 29.3 Å². The molecule has 0 unspecified atom stereocenters. The topological polar surface area (TPSA) is 63.6 Å². The van der Waals surface area contributed by atoms with Crippen LogP contribution < -0.4 is 0 Å².